The van der Waals surface area contributed by atoms with Crippen LogP contribution >= 0.6 is 0 Å². The van der Waals surface area contributed by atoms with E-state index in [1.807, 2.05) is 17.0 Å². The third-order valence-corrected chi connectivity index (χ3v) is 4.15. The van der Waals surface area contributed by atoms with Gasteiger partial charge >= 0.3 is 0 Å². The molecule has 0 saturated carbocycles. The van der Waals surface area contributed by atoms with Crippen LogP contribution in [0.5, 0.6) is 0 Å². The van der Waals surface area contributed by atoms with Crippen molar-refractivity contribution in [3.8, 4) is 0 Å². The molecule has 0 radical (unpaired) electrons. The average molecular weight is 314 g/mol. The number of benzene rings is 1. The number of ketones is 1. The van der Waals surface area contributed by atoms with Gasteiger partial charge in [0.05, 0.1) is 24.8 Å². The lowest BCUT2D eigenvalue weighted by molar-refractivity contribution is -0.118. The highest BCUT2D eigenvalue weighted by atomic mass is 19.1. The minimum Gasteiger partial charge on any atom is -0.395 e. The molecule has 0 bridgehead atoms. The van der Waals surface area contributed by atoms with E-state index in [2.05, 4.69) is 4.98 Å². The molecule has 2 aromatic rings. The van der Waals surface area contributed by atoms with Gasteiger partial charge in [-0.1, -0.05) is 18.2 Å². The van der Waals surface area contributed by atoms with Crippen molar-refractivity contribution in [1.82, 2.24) is 9.88 Å². The molecule has 0 aliphatic carbocycles. The standard InChI is InChI=1S/C18H19FN2O2/c19-15-4-1-13(2-5-15)9-14-3-6-17(20-10-14)16-11-21(7-8-22)12-18(16)23/h1-6,10,16,22H,7-9,11-12H2. The first-order chi connectivity index (χ1) is 11.2. The number of rotatable bonds is 5. The quantitative estimate of drug-likeness (QED) is 0.914. The molecular formula is C18H19FN2O2. The van der Waals surface area contributed by atoms with Gasteiger partial charge in [-0.15, -0.1) is 0 Å². The van der Waals surface area contributed by atoms with Crippen LogP contribution in [0.25, 0.3) is 0 Å². The average Bonchev–Trinajstić information content (AvgIpc) is 2.91. The van der Waals surface area contributed by atoms with Gasteiger partial charge in [0.1, 0.15) is 5.82 Å². The number of aliphatic hydroxyl groups excluding tert-OH is 1. The number of Topliss-reactive ketones (excluding diaryl/α,β-unsaturated/α-hetero) is 1. The van der Waals surface area contributed by atoms with E-state index in [-0.39, 0.29) is 24.1 Å². The number of carbonyl (C=O) groups excluding carboxylic acids is 1. The normalized spacial score (nSPS) is 18.5. The summed E-state index contributed by atoms with van der Waals surface area (Å²) in [7, 11) is 0. The van der Waals surface area contributed by atoms with Gasteiger partial charge in [-0.25, -0.2) is 4.39 Å². The molecule has 0 amide bonds. The summed E-state index contributed by atoms with van der Waals surface area (Å²) in [6.45, 7) is 1.57. The van der Waals surface area contributed by atoms with Crippen molar-refractivity contribution >= 4 is 5.78 Å². The lowest BCUT2D eigenvalue weighted by atomic mass is 10.0. The Kier molecular flexibility index (Phi) is 4.79. The highest BCUT2D eigenvalue weighted by molar-refractivity contribution is 5.89. The van der Waals surface area contributed by atoms with Gasteiger partial charge in [-0.3, -0.25) is 14.7 Å². The fourth-order valence-electron chi connectivity index (χ4n) is 2.91. The van der Waals surface area contributed by atoms with E-state index in [0.29, 0.717) is 26.1 Å². The van der Waals surface area contributed by atoms with Gasteiger partial charge in [0, 0.05) is 19.3 Å². The van der Waals surface area contributed by atoms with Gasteiger partial charge in [-0.05, 0) is 35.7 Å². The fraction of sp³-hybridized carbons (Fsp3) is 0.333. The number of aromatic nitrogens is 1. The molecule has 23 heavy (non-hydrogen) atoms. The van der Waals surface area contributed by atoms with Crippen molar-refractivity contribution in [3.05, 3.63) is 65.2 Å². The third-order valence-electron chi connectivity index (χ3n) is 4.15. The number of carbonyl (C=O) groups is 1. The lowest BCUT2D eigenvalue weighted by Crippen LogP contribution is -2.24. The van der Waals surface area contributed by atoms with Crippen molar-refractivity contribution in [1.29, 1.82) is 0 Å². The SMILES string of the molecule is O=C1CN(CCO)CC1c1ccc(Cc2ccc(F)cc2)cn1. The van der Waals surface area contributed by atoms with Gasteiger partial charge in [0.15, 0.2) is 5.78 Å². The van der Waals surface area contributed by atoms with Crippen LogP contribution < -0.4 is 0 Å². The van der Waals surface area contributed by atoms with Gasteiger partial charge in [0.2, 0.25) is 0 Å². The maximum absolute atomic E-state index is 12.9. The second kappa shape index (κ2) is 6.98. The van der Waals surface area contributed by atoms with Crippen LogP contribution in [0.4, 0.5) is 4.39 Å². The number of nitrogens with zero attached hydrogens (tertiary/aromatic N) is 2. The molecule has 1 aromatic carbocycles. The Balaban J connectivity index is 1.67. The summed E-state index contributed by atoms with van der Waals surface area (Å²) < 4.78 is 12.9. The van der Waals surface area contributed by atoms with Crippen LogP contribution in [0.15, 0.2) is 42.6 Å². The zero-order valence-corrected chi connectivity index (χ0v) is 12.8. The molecule has 1 saturated heterocycles. The van der Waals surface area contributed by atoms with E-state index in [1.165, 1.54) is 12.1 Å². The van der Waals surface area contributed by atoms with Crippen LogP contribution in [-0.4, -0.2) is 47.0 Å². The largest absolute Gasteiger partial charge is 0.395 e. The minimum absolute atomic E-state index is 0.0596. The third kappa shape index (κ3) is 3.81. The second-order valence-electron chi connectivity index (χ2n) is 5.87. The first-order valence-corrected chi connectivity index (χ1v) is 7.71. The monoisotopic (exact) mass is 314 g/mol. The van der Waals surface area contributed by atoms with Gasteiger partial charge < -0.3 is 5.11 Å². The van der Waals surface area contributed by atoms with Crippen molar-refractivity contribution in [2.24, 2.45) is 0 Å². The van der Waals surface area contributed by atoms with Crippen molar-refractivity contribution in [2.45, 2.75) is 12.3 Å². The number of likely N-dealkylation sites (tertiary alicyclic amines) is 1. The minimum atomic E-state index is -0.241. The number of halogens is 1. The Morgan fingerprint density at radius 2 is 1.91 bits per heavy atom. The van der Waals surface area contributed by atoms with Crippen LogP contribution in [0.1, 0.15) is 22.7 Å². The van der Waals surface area contributed by atoms with Crippen molar-refractivity contribution in [3.63, 3.8) is 0 Å². The Morgan fingerprint density at radius 3 is 2.57 bits per heavy atom. The summed E-state index contributed by atoms with van der Waals surface area (Å²) >= 11 is 0. The first kappa shape index (κ1) is 15.8. The van der Waals surface area contributed by atoms with Crippen molar-refractivity contribution < 1.29 is 14.3 Å². The van der Waals surface area contributed by atoms with E-state index in [0.717, 1.165) is 16.8 Å². The lowest BCUT2D eigenvalue weighted by Gasteiger charge is -2.12. The summed E-state index contributed by atoms with van der Waals surface area (Å²) in [6.07, 6.45) is 2.46. The number of pyridine rings is 1. The van der Waals surface area contributed by atoms with E-state index in [1.54, 1.807) is 18.3 Å². The smallest absolute Gasteiger partial charge is 0.157 e. The molecule has 1 aromatic heterocycles. The van der Waals surface area contributed by atoms with Gasteiger partial charge in [-0.2, -0.15) is 0 Å². The molecule has 1 fully saturated rings. The van der Waals surface area contributed by atoms with Crippen LogP contribution in [0.2, 0.25) is 0 Å². The van der Waals surface area contributed by atoms with E-state index < -0.39 is 0 Å². The zero-order chi connectivity index (χ0) is 16.2. The summed E-state index contributed by atoms with van der Waals surface area (Å²) in [5.41, 5.74) is 2.82. The maximum atomic E-state index is 12.9. The number of hydrogen-bond donors (Lipinski definition) is 1. The molecule has 5 heteroatoms. The molecule has 1 atom stereocenters. The Morgan fingerprint density at radius 1 is 1.17 bits per heavy atom. The number of hydrogen-bond acceptors (Lipinski definition) is 4. The highest BCUT2D eigenvalue weighted by Gasteiger charge is 2.32. The molecule has 3 rings (SSSR count). The molecule has 1 unspecified atom stereocenters. The van der Waals surface area contributed by atoms with E-state index in [9.17, 15) is 9.18 Å². The number of β-amino-alcohol motifs (C(OH)–C–C–N with tert-alkyl or cyclic N) is 1. The summed E-state index contributed by atoms with van der Waals surface area (Å²) in [5.74, 6) is -0.298. The van der Waals surface area contributed by atoms with Gasteiger partial charge in [0.25, 0.3) is 0 Å². The fourth-order valence-corrected chi connectivity index (χ4v) is 2.91. The summed E-state index contributed by atoms with van der Waals surface area (Å²) in [5, 5.41) is 8.97. The van der Waals surface area contributed by atoms with Crippen LogP contribution in [0, 0.1) is 5.82 Å². The van der Waals surface area contributed by atoms with Crippen LogP contribution in [-0.2, 0) is 11.2 Å². The predicted molar refractivity (Wildman–Crippen MR) is 84.7 cm³/mol. The molecule has 2 heterocycles. The summed E-state index contributed by atoms with van der Waals surface area (Å²) in [4.78, 5) is 18.4. The first-order valence-electron chi connectivity index (χ1n) is 7.71. The Hall–Kier alpha value is -2.11. The highest BCUT2D eigenvalue weighted by Crippen LogP contribution is 2.23. The van der Waals surface area contributed by atoms with Crippen molar-refractivity contribution in [2.75, 3.05) is 26.2 Å². The summed E-state index contributed by atoms with van der Waals surface area (Å²) in [6, 6.07) is 10.3. The Bertz CT molecular complexity index is 670. The molecular weight excluding hydrogens is 295 g/mol. The molecule has 1 N–H and O–H groups in total. The zero-order valence-electron chi connectivity index (χ0n) is 12.8. The Labute approximate surface area is 134 Å². The topological polar surface area (TPSA) is 53.4 Å². The molecule has 120 valence electrons. The van der Waals surface area contributed by atoms with Crippen LogP contribution in [0.3, 0.4) is 0 Å². The molecule has 0 spiro atoms. The molecule has 1 aliphatic rings. The maximum Gasteiger partial charge on any atom is 0.157 e. The van der Waals surface area contributed by atoms with E-state index >= 15 is 0 Å². The number of aliphatic hydroxyl groups is 1. The second-order valence-corrected chi connectivity index (χ2v) is 5.87. The predicted octanol–water partition coefficient (Wildman–Crippen LogP) is 1.77. The molecule has 1 aliphatic heterocycles. The molecule has 4 nitrogen and oxygen atoms in total. The van der Waals surface area contributed by atoms with E-state index in [4.69, 9.17) is 5.11 Å².